The van der Waals surface area contributed by atoms with Crippen molar-refractivity contribution in [1.29, 1.82) is 0 Å². The van der Waals surface area contributed by atoms with Crippen LogP contribution in [-0.4, -0.2) is 17.0 Å². The molecule has 0 radical (unpaired) electrons. The predicted molar refractivity (Wildman–Crippen MR) is 67.2 cm³/mol. The zero-order valence-corrected chi connectivity index (χ0v) is 11.2. The summed E-state index contributed by atoms with van der Waals surface area (Å²) in [5, 5.41) is 10.1. The summed E-state index contributed by atoms with van der Waals surface area (Å²) < 4.78 is 38.8. The molecule has 0 spiro atoms. The Kier molecular flexibility index (Phi) is 3.55. The third kappa shape index (κ3) is 2.33. The first-order valence-electron chi connectivity index (χ1n) is 4.84. The second kappa shape index (κ2) is 4.63. The van der Waals surface area contributed by atoms with Crippen molar-refractivity contribution >= 4 is 40.5 Å². The Balaban J connectivity index is 2.55. The number of nitrogens with zero attached hydrogens (tertiary/aromatic N) is 1. The van der Waals surface area contributed by atoms with Gasteiger partial charge < -0.3 is 10.5 Å². The molecule has 0 fully saturated rings. The molecule has 2 N–H and O–H groups in total. The fourth-order valence-electron chi connectivity index (χ4n) is 1.61. The standard InChI is InChI=1S/C10H6Cl3F3N2O/c11-5-3-6(12)8(7(13)4-5)18-9(19,1-2-17-18)10(14,15)16/h1-4,17,19H/t9-/m1/s1. The lowest BCUT2D eigenvalue weighted by atomic mass is 10.2. The van der Waals surface area contributed by atoms with Gasteiger partial charge in [0.05, 0.1) is 15.7 Å². The SMILES string of the molecule is O[C@@]1(C(F)(F)F)C=CNN1c1c(Cl)cc(Cl)cc1Cl. The number of anilines is 1. The van der Waals surface area contributed by atoms with Crippen LogP contribution in [0.3, 0.4) is 0 Å². The second-order valence-corrected chi connectivity index (χ2v) is 4.99. The normalized spacial score (nSPS) is 22.8. The predicted octanol–water partition coefficient (Wildman–Crippen LogP) is 3.74. The first kappa shape index (κ1) is 14.6. The maximum absolute atomic E-state index is 12.9. The van der Waals surface area contributed by atoms with Crippen LogP contribution in [-0.2, 0) is 0 Å². The van der Waals surface area contributed by atoms with Crippen molar-refractivity contribution in [2.45, 2.75) is 11.9 Å². The van der Waals surface area contributed by atoms with Crippen molar-refractivity contribution in [3.05, 3.63) is 39.5 Å². The quantitative estimate of drug-likeness (QED) is 0.822. The summed E-state index contributed by atoms with van der Waals surface area (Å²) in [6.45, 7) is 0. The Morgan fingerprint density at radius 1 is 1.16 bits per heavy atom. The van der Waals surface area contributed by atoms with E-state index in [1.807, 2.05) is 0 Å². The molecule has 19 heavy (non-hydrogen) atoms. The number of hydrogen-bond acceptors (Lipinski definition) is 3. The van der Waals surface area contributed by atoms with E-state index in [0.29, 0.717) is 11.1 Å². The van der Waals surface area contributed by atoms with Gasteiger partial charge in [-0.2, -0.15) is 13.2 Å². The molecule has 1 heterocycles. The number of benzene rings is 1. The van der Waals surface area contributed by atoms with Gasteiger partial charge in [0, 0.05) is 11.2 Å². The van der Waals surface area contributed by atoms with Gasteiger partial charge in [0.1, 0.15) is 0 Å². The van der Waals surface area contributed by atoms with Gasteiger partial charge >= 0.3 is 6.18 Å². The largest absolute Gasteiger partial charge is 0.442 e. The molecule has 1 aromatic carbocycles. The number of nitrogens with one attached hydrogen (secondary N) is 1. The van der Waals surface area contributed by atoms with Crippen molar-refractivity contribution < 1.29 is 18.3 Å². The van der Waals surface area contributed by atoms with E-state index >= 15 is 0 Å². The molecule has 1 aromatic rings. The smallest absolute Gasteiger partial charge is 0.359 e. The van der Waals surface area contributed by atoms with E-state index in [9.17, 15) is 18.3 Å². The van der Waals surface area contributed by atoms with E-state index < -0.39 is 11.9 Å². The van der Waals surface area contributed by atoms with Crippen molar-refractivity contribution in [2.24, 2.45) is 0 Å². The molecule has 0 unspecified atom stereocenters. The summed E-state index contributed by atoms with van der Waals surface area (Å²) >= 11 is 17.4. The van der Waals surface area contributed by atoms with E-state index in [2.05, 4.69) is 5.43 Å². The highest BCUT2D eigenvalue weighted by atomic mass is 35.5. The molecule has 3 nitrogen and oxygen atoms in total. The molecular weight excluding hydrogens is 327 g/mol. The number of alkyl halides is 3. The fraction of sp³-hybridized carbons (Fsp3) is 0.200. The maximum atomic E-state index is 12.9. The van der Waals surface area contributed by atoms with Crippen molar-refractivity contribution in [1.82, 2.24) is 5.43 Å². The Labute approximate surface area is 121 Å². The molecule has 9 heteroatoms. The van der Waals surface area contributed by atoms with Crippen molar-refractivity contribution in [3.8, 4) is 0 Å². The molecule has 104 valence electrons. The van der Waals surface area contributed by atoms with Crippen LogP contribution < -0.4 is 10.4 Å². The van der Waals surface area contributed by atoms with Gasteiger partial charge in [0.25, 0.3) is 5.72 Å². The first-order chi connectivity index (χ1) is 8.67. The zero-order valence-electron chi connectivity index (χ0n) is 8.97. The van der Waals surface area contributed by atoms with E-state index in [-0.39, 0.29) is 20.8 Å². The van der Waals surface area contributed by atoms with Crippen LogP contribution in [0, 0.1) is 0 Å². The lowest BCUT2D eigenvalue weighted by molar-refractivity contribution is -0.238. The Bertz CT molecular complexity index is 526. The number of rotatable bonds is 1. The van der Waals surface area contributed by atoms with Gasteiger partial charge in [-0.15, -0.1) is 0 Å². The number of halogens is 6. The molecule has 0 saturated carbocycles. The highest BCUT2D eigenvalue weighted by Gasteiger charge is 2.59. The van der Waals surface area contributed by atoms with E-state index in [1.165, 1.54) is 12.1 Å². The van der Waals surface area contributed by atoms with Crippen LogP contribution in [0.15, 0.2) is 24.4 Å². The first-order valence-corrected chi connectivity index (χ1v) is 5.98. The van der Waals surface area contributed by atoms with Gasteiger partial charge in [-0.3, -0.25) is 0 Å². The summed E-state index contributed by atoms with van der Waals surface area (Å²) in [6, 6.07) is 2.45. The summed E-state index contributed by atoms with van der Waals surface area (Å²) in [4.78, 5) is 0. The average molecular weight is 334 g/mol. The number of hydrogen-bond donors (Lipinski definition) is 2. The van der Waals surface area contributed by atoms with Gasteiger partial charge in [-0.1, -0.05) is 34.8 Å². The lowest BCUT2D eigenvalue weighted by Crippen LogP contribution is -2.58. The lowest BCUT2D eigenvalue weighted by Gasteiger charge is -2.36. The minimum absolute atomic E-state index is 0.128. The molecule has 1 atom stereocenters. The molecule has 0 aliphatic carbocycles. The van der Waals surface area contributed by atoms with Crippen molar-refractivity contribution in [2.75, 3.05) is 5.01 Å². The molecule has 1 aliphatic heterocycles. The average Bonchev–Trinajstić information content (AvgIpc) is 2.60. The minimum atomic E-state index is -4.95. The van der Waals surface area contributed by atoms with Gasteiger partial charge in [0.15, 0.2) is 0 Å². The summed E-state index contributed by atoms with van der Waals surface area (Å²) in [7, 11) is 0. The second-order valence-electron chi connectivity index (χ2n) is 3.74. The number of hydrazine groups is 1. The monoisotopic (exact) mass is 332 g/mol. The Morgan fingerprint density at radius 3 is 2.16 bits per heavy atom. The maximum Gasteiger partial charge on any atom is 0.442 e. The fourth-order valence-corrected chi connectivity index (χ4v) is 2.59. The van der Waals surface area contributed by atoms with Gasteiger partial charge in [0.2, 0.25) is 0 Å². The van der Waals surface area contributed by atoms with Crippen molar-refractivity contribution in [3.63, 3.8) is 0 Å². The highest BCUT2D eigenvalue weighted by molar-refractivity contribution is 6.41. The molecular formula is C10H6Cl3F3N2O. The molecule has 0 aromatic heterocycles. The molecule has 0 saturated heterocycles. The van der Waals surface area contributed by atoms with Gasteiger partial charge in [-0.25, -0.2) is 5.01 Å². The molecule has 0 bridgehead atoms. The zero-order chi connectivity index (χ0) is 14.4. The topological polar surface area (TPSA) is 35.5 Å². The van der Waals surface area contributed by atoms with E-state index in [4.69, 9.17) is 34.8 Å². The third-order valence-electron chi connectivity index (χ3n) is 2.48. The molecule has 0 amide bonds. The Hall–Kier alpha value is -0.820. The molecule has 1 aliphatic rings. The summed E-state index contributed by atoms with van der Waals surface area (Å²) in [5.41, 5.74) is -1.22. The van der Waals surface area contributed by atoms with E-state index in [0.717, 1.165) is 6.20 Å². The van der Waals surface area contributed by atoms with Crippen LogP contribution in [0.2, 0.25) is 15.1 Å². The molecule has 2 rings (SSSR count). The van der Waals surface area contributed by atoms with Crippen LogP contribution in [0.1, 0.15) is 0 Å². The Morgan fingerprint density at radius 2 is 1.68 bits per heavy atom. The summed E-state index contributed by atoms with van der Waals surface area (Å²) in [5.74, 6) is 0. The van der Waals surface area contributed by atoms with Crippen LogP contribution in [0.25, 0.3) is 0 Å². The van der Waals surface area contributed by atoms with Crippen LogP contribution >= 0.6 is 34.8 Å². The minimum Gasteiger partial charge on any atom is -0.359 e. The van der Waals surface area contributed by atoms with E-state index in [1.54, 1.807) is 0 Å². The van der Waals surface area contributed by atoms with Gasteiger partial charge in [-0.05, 0) is 18.2 Å². The number of aliphatic hydroxyl groups is 1. The van der Waals surface area contributed by atoms with Crippen LogP contribution in [0.4, 0.5) is 18.9 Å². The third-order valence-corrected chi connectivity index (χ3v) is 3.28. The van der Waals surface area contributed by atoms with Crippen LogP contribution in [0.5, 0.6) is 0 Å². The highest BCUT2D eigenvalue weighted by Crippen LogP contribution is 2.44. The summed E-state index contributed by atoms with van der Waals surface area (Å²) in [6.07, 6.45) is -3.46.